The third kappa shape index (κ3) is 4.15. The molecule has 1 amide bonds. The minimum absolute atomic E-state index is 0.0485. The summed E-state index contributed by atoms with van der Waals surface area (Å²) in [7, 11) is 0. The van der Waals surface area contributed by atoms with Crippen LogP contribution in [0.4, 0.5) is 17.6 Å². The van der Waals surface area contributed by atoms with Crippen molar-refractivity contribution >= 4 is 5.91 Å². The summed E-state index contributed by atoms with van der Waals surface area (Å²) in [6.07, 6.45) is -4.62. The third-order valence-electron chi connectivity index (χ3n) is 2.81. The van der Waals surface area contributed by atoms with Crippen LogP contribution < -0.4 is 5.32 Å². The highest BCUT2D eigenvalue weighted by atomic mass is 19.4. The zero-order valence-electron chi connectivity index (χ0n) is 11.8. The molecule has 9 heteroatoms. The van der Waals surface area contributed by atoms with Crippen molar-refractivity contribution in [3.63, 3.8) is 0 Å². The maximum absolute atomic E-state index is 12.9. The molecule has 122 valence electrons. The van der Waals surface area contributed by atoms with E-state index >= 15 is 0 Å². The number of rotatable bonds is 3. The van der Waals surface area contributed by atoms with Gasteiger partial charge < -0.3 is 10.4 Å². The summed E-state index contributed by atoms with van der Waals surface area (Å²) in [5.74, 6) is -2.52. The predicted octanol–water partition coefficient (Wildman–Crippen LogP) is 2.58. The van der Waals surface area contributed by atoms with E-state index in [1.807, 2.05) is 0 Å². The lowest BCUT2D eigenvalue weighted by atomic mass is 10.2. The van der Waals surface area contributed by atoms with Crippen LogP contribution in [0.1, 0.15) is 27.6 Å². The summed E-state index contributed by atoms with van der Waals surface area (Å²) in [6, 6.07) is 3.73. The zero-order chi connectivity index (χ0) is 17.2. The molecular weight excluding hydrogens is 318 g/mol. The first-order chi connectivity index (χ1) is 10.7. The lowest BCUT2D eigenvalue weighted by molar-refractivity contribution is -0.141. The highest BCUT2D eigenvalue weighted by molar-refractivity contribution is 5.94. The van der Waals surface area contributed by atoms with Crippen LogP contribution in [-0.4, -0.2) is 21.0 Å². The van der Waals surface area contributed by atoms with E-state index in [0.717, 1.165) is 24.3 Å². The van der Waals surface area contributed by atoms with Crippen molar-refractivity contribution in [3.05, 3.63) is 52.9 Å². The quantitative estimate of drug-likeness (QED) is 0.849. The fourth-order valence-electron chi connectivity index (χ4n) is 1.77. The third-order valence-corrected chi connectivity index (χ3v) is 2.81. The Morgan fingerprint density at radius 1 is 1.26 bits per heavy atom. The lowest BCUT2D eigenvalue weighted by Crippen LogP contribution is -2.25. The van der Waals surface area contributed by atoms with Crippen LogP contribution in [0, 0.1) is 12.7 Å². The van der Waals surface area contributed by atoms with Crippen LogP contribution in [0.3, 0.4) is 0 Å². The van der Waals surface area contributed by atoms with Crippen molar-refractivity contribution in [2.75, 3.05) is 0 Å². The van der Waals surface area contributed by atoms with E-state index in [1.54, 1.807) is 0 Å². The van der Waals surface area contributed by atoms with Crippen molar-refractivity contribution < 1.29 is 27.5 Å². The van der Waals surface area contributed by atoms with Gasteiger partial charge in [0, 0.05) is 11.3 Å². The number of amides is 1. The largest absolute Gasteiger partial charge is 0.505 e. The smallest absolute Gasteiger partial charge is 0.433 e. The van der Waals surface area contributed by atoms with Gasteiger partial charge in [0.25, 0.3) is 5.91 Å². The molecule has 0 aliphatic rings. The maximum atomic E-state index is 12.9. The van der Waals surface area contributed by atoms with Crippen molar-refractivity contribution in [1.29, 1.82) is 0 Å². The number of halogens is 4. The molecule has 0 fully saturated rings. The number of phenolic OH excluding ortho intramolecular Hbond substituents is 1. The molecule has 0 atom stereocenters. The fourth-order valence-corrected chi connectivity index (χ4v) is 1.77. The SMILES string of the molecule is Cc1cc(C(F)(F)F)nc(CNC(=O)c2ccc(F)c(O)c2)n1. The number of carbonyl (C=O) groups excluding carboxylic acids is 1. The van der Waals surface area contributed by atoms with Gasteiger partial charge >= 0.3 is 6.18 Å². The van der Waals surface area contributed by atoms with Gasteiger partial charge in [-0.3, -0.25) is 4.79 Å². The molecule has 2 N–H and O–H groups in total. The molecule has 5 nitrogen and oxygen atoms in total. The van der Waals surface area contributed by atoms with Crippen LogP contribution >= 0.6 is 0 Å². The highest BCUT2D eigenvalue weighted by Gasteiger charge is 2.33. The molecule has 23 heavy (non-hydrogen) atoms. The van der Waals surface area contributed by atoms with Gasteiger partial charge in [0.05, 0.1) is 6.54 Å². The normalized spacial score (nSPS) is 11.3. The van der Waals surface area contributed by atoms with Gasteiger partial charge in [-0.15, -0.1) is 0 Å². The summed E-state index contributed by atoms with van der Waals surface area (Å²) in [4.78, 5) is 19.0. The van der Waals surface area contributed by atoms with Crippen molar-refractivity contribution in [2.45, 2.75) is 19.6 Å². The van der Waals surface area contributed by atoms with Gasteiger partial charge in [-0.25, -0.2) is 14.4 Å². The average molecular weight is 329 g/mol. The number of aromatic nitrogens is 2. The zero-order valence-corrected chi connectivity index (χ0v) is 11.8. The van der Waals surface area contributed by atoms with E-state index in [4.69, 9.17) is 0 Å². The van der Waals surface area contributed by atoms with Crippen LogP contribution in [0.15, 0.2) is 24.3 Å². The lowest BCUT2D eigenvalue weighted by Gasteiger charge is -2.10. The Kier molecular flexibility index (Phi) is 4.48. The van der Waals surface area contributed by atoms with Crippen LogP contribution in [0.25, 0.3) is 0 Å². The Morgan fingerprint density at radius 3 is 2.57 bits per heavy atom. The predicted molar refractivity (Wildman–Crippen MR) is 71.0 cm³/mol. The number of hydrogen-bond acceptors (Lipinski definition) is 4. The average Bonchev–Trinajstić information content (AvgIpc) is 2.46. The van der Waals surface area contributed by atoms with Crippen LogP contribution in [-0.2, 0) is 12.7 Å². The fraction of sp³-hybridized carbons (Fsp3) is 0.214. The van der Waals surface area contributed by atoms with Gasteiger partial charge in [0.2, 0.25) is 0 Å². The second-order valence-electron chi connectivity index (χ2n) is 4.66. The summed E-state index contributed by atoms with van der Waals surface area (Å²) < 4.78 is 50.9. The van der Waals surface area contributed by atoms with Gasteiger partial charge in [0.1, 0.15) is 11.5 Å². The summed E-state index contributed by atoms with van der Waals surface area (Å²) in [5, 5.41) is 11.5. The number of carbonyl (C=O) groups is 1. The Labute approximate surface area is 128 Å². The van der Waals surface area contributed by atoms with Crippen molar-refractivity contribution in [1.82, 2.24) is 15.3 Å². The molecule has 0 unspecified atom stereocenters. The minimum Gasteiger partial charge on any atom is -0.505 e. The first-order valence-corrected chi connectivity index (χ1v) is 6.35. The number of hydrogen-bond donors (Lipinski definition) is 2. The number of aryl methyl sites for hydroxylation is 1. The standard InChI is InChI=1S/C14H11F4N3O2/c1-7-4-11(14(16,17)18)21-12(20-7)6-19-13(23)8-2-3-9(15)10(22)5-8/h2-5,22H,6H2,1H3,(H,19,23). The summed E-state index contributed by atoms with van der Waals surface area (Å²) >= 11 is 0. The number of phenols is 1. The molecular formula is C14H11F4N3O2. The molecule has 0 bridgehead atoms. The van der Waals surface area contributed by atoms with E-state index in [1.165, 1.54) is 6.92 Å². The second kappa shape index (κ2) is 6.19. The Balaban J connectivity index is 2.12. The number of nitrogens with one attached hydrogen (secondary N) is 1. The van der Waals surface area contributed by atoms with Gasteiger partial charge in [-0.05, 0) is 31.2 Å². The molecule has 1 aromatic heterocycles. The van der Waals surface area contributed by atoms with Crippen LogP contribution in [0.5, 0.6) is 5.75 Å². The Bertz CT molecular complexity index is 747. The first-order valence-electron chi connectivity index (χ1n) is 6.35. The Hall–Kier alpha value is -2.71. The molecule has 0 spiro atoms. The summed E-state index contributed by atoms with van der Waals surface area (Å²) in [6.45, 7) is 1.03. The topological polar surface area (TPSA) is 75.1 Å². The van der Waals surface area contributed by atoms with Crippen molar-refractivity contribution in [3.8, 4) is 5.75 Å². The molecule has 0 saturated heterocycles. The van der Waals surface area contributed by atoms with Gasteiger partial charge in [-0.1, -0.05) is 0 Å². The molecule has 0 aliphatic heterocycles. The maximum Gasteiger partial charge on any atom is 0.433 e. The monoisotopic (exact) mass is 329 g/mol. The highest BCUT2D eigenvalue weighted by Crippen LogP contribution is 2.27. The van der Waals surface area contributed by atoms with E-state index in [0.29, 0.717) is 0 Å². The van der Waals surface area contributed by atoms with E-state index < -0.39 is 29.3 Å². The number of aromatic hydroxyl groups is 1. The van der Waals surface area contributed by atoms with E-state index in [-0.39, 0.29) is 23.6 Å². The van der Waals surface area contributed by atoms with Gasteiger partial charge in [-0.2, -0.15) is 13.2 Å². The Morgan fingerprint density at radius 2 is 1.96 bits per heavy atom. The second-order valence-corrected chi connectivity index (χ2v) is 4.66. The molecule has 1 aromatic carbocycles. The van der Waals surface area contributed by atoms with E-state index in [2.05, 4.69) is 15.3 Å². The van der Waals surface area contributed by atoms with Crippen LogP contribution in [0.2, 0.25) is 0 Å². The minimum atomic E-state index is -4.62. The molecule has 2 rings (SSSR count). The van der Waals surface area contributed by atoms with Crippen molar-refractivity contribution in [2.24, 2.45) is 0 Å². The van der Waals surface area contributed by atoms with Gasteiger partial charge in [0.15, 0.2) is 11.6 Å². The molecule has 2 aromatic rings. The molecule has 0 saturated carbocycles. The number of nitrogens with zero attached hydrogens (tertiary/aromatic N) is 2. The summed E-state index contributed by atoms with van der Waals surface area (Å²) in [5.41, 5.74) is -1.04. The number of benzene rings is 1. The molecule has 0 aliphatic carbocycles. The molecule has 0 radical (unpaired) electrons. The first kappa shape index (κ1) is 16.7. The van der Waals surface area contributed by atoms with E-state index in [9.17, 15) is 27.5 Å². The number of alkyl halides is 3. The molecule has 1 heterocycles.